The van der Waals surface area contributed by atoms with Gasteiger partial charge in [0.15, 0.2) is 0 Å². The van der Waals surface area contributed by atoms with Gasteiger partial charge in [0.2, 0.25) is 0 Å². The maximum Gasteiger partial charge on any atom is 0.129 e. The van der Waals surface area contributed by atoms with Gasteiger partial charge < -0.3 is 5.11 Å². The van der Waals surface area contributed by atoms with Crippen molar-refractivity contribution in [2.45, 2.75) is 6.10 Å². The van der Waals surface area contributed by atoms with E-state index in [-0.39, 0.29) is 5.56 Å². The first-order chi connectivity index (χ1) is 7.58. The van der Waals surface area contributed by atoms with Crippen molar-refractivity contribution in [2.75, 3.05) is 0 Å². The second kappa shape index (κ2) is 4.84. The molecule has 1 heterocycles. The largest absolute Gasteiger partial charge is 0.383 e. The van der Waals surface area contributed by atoms with Gasteiger partial charge in [-0.15, -0.1) is 11.3 Å². The van der Waals surface area contributed by atoms with Crippen LogP contribution in [0.15, 0.2) is 34.8 Å². The summed E-state index contributed by atoms with van der Waals surface area (Å²) in [6.07, 6.45) is -0.977. The topological polar surface area (TPSA) is 20.2 Å². The van der Waals surface area contributed by atoms with Crippen LogP contribution in [0.5, 0.6) is 0 Å². The fourth-order valence-electron chi connectivity index (χ4n) is 1.35. The van der Waals surface area contributed by atoms with Crippen LogP contribution in [0.2, 0.25) is 4.34 Å². The third-order valence-corrected chi connectivity index (χ3v) is 3.89. The molecule has 0 saturated heterocycles. The lowest BCUT2D eigenvalue weighted by Crippen LogP contribution is -2.00. The van der Waals surface area contributed by atoms with Crippen molar-refractivity contribution in [1.82, 2.24) is 0 Å². The molecule has 0 aliphatic heterocycles. The molecule has 0 amide bonds. The standard InChI is InChI=1S/C11H7BrClFOS/c12-6-1-2-8(14)7(5-6)11(15)9-3-4-10(13)16-9/h1-5,11,15H. The van der Waals surface area contributed by atoms with E-state index in [1.54, 1.807) is 24.3 Å². The lowest BCUT2D eigenvalue weighted by Gasteiger charge is -2.10. The predicted octanol–water partition coefficient (Wildman–Crippen LogP) is 4.38. The molecule has 2 aromatic rings. The molecule has 0 aliphatic rings. The zero-order valence-electron chi connectivity index (χ0n) is 7.95. The number of hydrogen-bond acceptors (Lipinski definition) is 2. The summed E-state index contributed by atoms with van der Waals surface area (Å²) in [4.78, 5) is 0.627. The van der Waals surface area contributed by atoms with Crippen molar-refractivity contribution in [3.8, 4) is 0 Å². The first-order valence-corrected chi connectivity index (χ1v) is 6.45. The summed E-state index contributed by atoms with van der Waals surface area (Å²) in [5.74, 6) is -0.430. The Morgan fingerprint density at radius 3 is 2.69 bits per heavy atom. The second-order valence-corrected chi connectivity index (χ2v) is 5.87. The van der Waals surface area contributed by atoms with Crippen LogP contribution in [0.4, 0.5) is 4.39 Å². The van der Waals surface area contributed by atoms with Crippen LogP contribution >= 0.6 is 38.9 Å². The lowest BCUT2D eigenvalue weighted by molar-refractivity contribution is 0.218. The highest BCUT2D eigenvalue weighted by Crippen LogP contribution is 2.32. The molecule has 1 aromatic heterocycles. The van der Waals surface area contributed by atoms with Gasteiger partial charge >= 0.3 is 0 Å². The molecule has 0 saturated carbocycles. The fraction of sp³-hybridized carbons (Fsp3) is 0.0909. The summed E-state index contributed by atoms with van der Waals surface area (Å²) in [7, 11) is 0. The van der Waals surface area contributed by atoms with Gasteiger partial charge in [0.1, 0.15) is 11.9 Å². The van der Waals surface area contributed by atoms with E-state index in [9.17, 15) is 9.50 Å². The number of benzene rings is 1. The molecule has 1 aromatic carbocycles. The third-order valence-electron chi connectivity index (χ3n) is 2.12. The zero-order chi connectivity index (χ0) is 11.7. The van der Waals surface area contributed by atoms with E-state index in [2.05, 4.69) is 15.9 Å². The highest BCUT2D eigenvalue weighted by atomic mass is 79.9. The molecule has 1 atom stereocenters. The molecule has 16 heavy (non-hydrogen) atoms. The Hall–Kier alpha value is -0.420. The van der Waals surface area contributed by atoms with E-state index in [1.807, 2.05) is 0 Å². The lowest BCUT2D eigenvalue weighted by atomic mass is 10.1. The van der Waals surface area contributed by atoms with Gasteiger partial charge in [-0.05, 0) is 30.3 Å². The van der Waals surface area contributed by atoms with Gasteiger partial charge in [0.25, 0.3) is 0 Å². The number of halogens is 3. The molecule has 0 bridgehead atoms. The Morgan fingerprint density at radius 2 is 2.06 bits per heavy atom. The van der Waals surface area contributed by atoms with Gasteiger partial charge in [-0.3, -0.25) is 0 Å². The number of aliphatic hydroxyl groups excluding tert-OH is 1. The molecule has 1 unspecified atom stereocenters. The van der Waals surface area contributed by atoms with Gasteiger partial charge in [-0.25, -0.2) is 4.39 Å². The highest BCUT2D eigenvalue weighted by Gasteiger charge is 2.17. The molecule has 2 rings (SSSR count). The molecule has 0 spiro atoms. The van der Waals surface area contributed by atoms with Crippen molar-refractivity contribution >= 4 is 38.9 Å². The average molecular weight is 322 g/mol. The summed E-state index contributed by atoms with van der Waals surface area (Å²) in [6.45, 7) is 0. The van der Waals surface area contributed by atoms with E-state index in [0.29, 0.717) is 9.21 Å². The van der Waals surface area contributed by atoms with Crippen LogP contribution in [0.25, 0.3) is 0 Å². The molecular weight excluding hydrogens is 315 g/mol. The van der Waals surface area contributed by atoms with Crippen molar-refractivity contribution in [3.63, 3.8) is 0 Å². The van der Waals surface area contributed by atoms with Crippen molar-refractivity contribution < 1.29 is 9.50 Å². The Balaban J connectivity index is 2.40. The number of aliphatic hydroxyl groups is 1. The van der Waals surface area contributed by atoms with Gasteiger partial charge in [0, 0.05) is 14.9 Å². The molecule has 0 aliphatic carbocycles. The molecule has 1 nitrogen and oxygen atoms in total. The van der Waals surface area contributed by atoms with Crippen LogP contribution in [-0.2, 0) is 0 Å². The molecular formula is C11H7BrClFOS. The minimum Gasteiger partial charge on any atom is -0.383 e. The Labute approximate surface area is 110 Å². The summed E-state index contributed by atoms with van der Waals surface area (Å²) < 4.78 is 14.8. The molecule has 1 N–H and O–H groups in total. The number of hydrogen-bond donors (Lipinski definition) is 1. The molecule has 5 heteroatoms. The van der Waals surface area contributed by atoms with Gasteiger partial charge in [-0.1, -0.05) is 27.5 Å². The maximum atomic E-state index is 13.5. The number of thiophene rings is 1. The monoisotopic (exact) mass is 320 g/mol. The van der Waals surface area contributed by atoms with Crippen LogP contribution in [-0.4, -0.2) is 5.11 Å². The molecule has 84 valence electrons. The summed E-state index contributed by atoms with van der Waals surface area (Å²) in [5.41, 5.74) is 0.243. The van der Waals surface area contributed by atoms with Gasteiger partial charge in [-0.2, -0.15) is 0 Å². The van der Waals surface area contributed by atoms with Crippen LogP contribution in [0, 0.1) is 5.82 Å². The second-order valence-electron chi connectivity index (χ2n) is 3.21. The average Bonchev–Trinajstić information content (AvgIpc) is 2.67. The predicted molar refractivity (Wildman–Crippen MR) is 67.5 cm³/mol. The minimum atomic E-state index is -0.977. The van der Waals surface area contributed by atoms with Crippen molar-refractivity contribution in [3.05, 3.63) is 55.4 Å². The fourth-order valence-corrected chi connectivity index (χ4v) is 2.80. The Bertz CT molecular complexity index is 514. The van der Waals surface area contributed by atoms with E-state index in [1.165, 1.54) is 17.4 Å². The Kier molecular flexibility index (Phi) is 3.64. The summed E-state index contributed by atoms with van der Waals surface area (Å²) >= 11 is 10.2. The smallest absolute Gasteiger partial charge is 0.129 e. The number of rotatable bonds is 2. The van der Waals surface area contributed by atoms with Crippen molar-refractivity contribution in [2.24, 2.45) is 0 Å². The molecule has 0 fully saturated rings. The quantitative estimate of drug-likeness (QED) is 0.870. The first-order valence-electron chi connectivity index (χ1n) is 4.46. The normalized spacial score (nSPS) is 12.8. The van der Waals surface area contributed by atoms with Crippen LogP contribution in [0.1, 0.15) is 16.5 Å². The highest BCUT2D eigenvalue weighted by molar-refractivity contribution is 9.10. The third kappa shape index (κ3) is 2.46. The van der Waals surface area contributed by atoms with Gasteiger partial charge in [0.05, 0.1) is 4.34 Å². The van der Waals surface area contributed by atoms with E-state index in [0.717, 1.165) is 4.47 Å². The van der Waals surface area contributed by atoms with Crippen LogP contribution < -0.4 is 0 Å². The maximum absolute atomic E-state index is 13.5. The Morgan fingerprint density at radius 1 is 1.31 bits per heavy atom. The van der Waals surface area contributed by atoms with E-state index < -0.39 is 11.9 Å². The first kappa shape index (κ1) is 12.0. The van der Waals surface area contributed by atoms with Crippen molar-refractivity contribution in [1.29, 1.82) is 0 Å². The van der Waals surface area contributed by atoms with E-state index >= 15 is 0 Å². The zero-order valence-corrected chi connectivity index (χ0v) is 11.1. The molecule has 0 radical (unpaired) electrons. The summed E-state index contributed by atoms with van der Waals surface area (Å²) in [5, 5.41) is 10.0. The summed E-state index contributed by atoms with van der Waals surface area (Å²) in [6, 6.07) is 7.84. The SMILES string of the molecule is OC(c1ccc(Cl)s1)c1cc(Br)ccc1F. The van der Waals surface area contributed by atoms with Crippen LogP contribution in [0.3, 0.4) is 0 Å². The minimum absolute atomic E-state index is 0.243. The van der Waals surface area contributed by atoms with E-state index in [4.69, 9.17) is 11.6 Å².